The van der Waals surface area contributed by atoms with Gasteiger partial charge < -0.3 is 9.47 Å². The van der Waals surface area contributed by atoms with Gasteiger partial charge in [0.25, 0.3) is 0 Å². The van der Waals surface area contributed by atoms with E-state index in [0.717, 1.165) is 18.8 Å². The van der Waals surface area contributed by atoms with Crippen LogP contribution in [0.25, 0.3) is 0 Å². The Hall–Kier alpha value is -1.02. The molecular weight excluding hydrogens is 212 g/mol. The Morgan fingerprint density at radius 3 is 2.88 bits per heavy atom. The van der Waals surface area contributed by atoms with Gasteiger partial charge in [-0.3, -0.25) is 0 Å². The molecule has 0 bridgehead atoms. The van der Waals surface area contributed by atoms with Crippen molar-refractivity contribution >= 4 is 0 Å². The molecule has 2 nitrogen and oxygen atoms in total. The lowest BCUT2D eigenvalue weighted by Gasteiger charge is -2.15. The van der Waals surface area contributed by atoms with Crippen LogP contribution in [0.1, 0.15) is 43.7 Å². The molecule has 1 unspecified atom stereocenters. The average Bonchev–Trinajstić information content (AvgIpc) is 2.80. The zero-order valence-electron chi connectivity index (χ0n) is 11.0. The van der Waals surface area contributed by atoms with Gasteiger partial charge in [0.1, 0.15) is 12.4 Å². The van der Waals surface area contributed by atoms with Gasteiger partial charge in [-0.2, -0.15) is 0 Å². The number of benzene rings is 1. The van der Waals surface area contributed by atoms with Crippen molar-refractivity contribution in [2.75, 3.05) is 13.2 Å². The second-order valence-electron chi connectivity index (χ2n) is 5.13. The van der Waals surface area contributed by atoms with Gasteiger partial charge in [0.2, 0.25) is 0 Å². The first-order chi connectivity index (χ1) is 8.16. The summed E-state index contributed by atoms with van der Waals surface area (Å²) in [6.45, 7) is 8.07. The monoisotopic (exact) mass is 234 g/mol. The van der Waals surface area contributed by atoms with E-state index < -0.39 is 0 Å². The maximum atomic E-state index is 5.89. The molecule has 1 aromatic rings. The molecule has 1 saturated heterocycles. The molecule has 1 aliphatic rings. The van der Waals surface area contributed by atoms with E-state index in [-0.39, 0.29) is 6.10 Å². The van der Waals surface area contributed by atoms with Crippen molar-refractivity contribution in [1.82, 2.24) is 0 Å². The Balaban J connectivity index is 2.00. The summed E-state index contributed by atoms with van der Waals surface area (Å²) >= 11 is 0. The van der Waals surface area contributed by atoms with Crippen LogP contribution in [-0.2, 0) is 4.74 Å². The van der Waals surface area contributed by atoms with Gasteiger partial charge in [-0.25, -0.2) is 0 Å². The van der Waals surface area contributed by atoms with E-state index in [2.05, 4.69) is 39.0 Å². The summed E-state index contributed by atoms with van der Waals surface area (Å²) in [7, 11) is 0. The Kier molecular flexibility index (Phi) is 4.06. The van der Waals surface area contributed by atoms with Crippen LogP contribution in [0.5, 0.6) is 5.75 Å². The van der Waals surface area contributed by atoms with Crippen LogP contribution in [-0.4, -0.2) is 19.3 Å². The highest BCUT2D eigenvalue weighted by Crippen LogP contribution is 2.25. The number of rotatable bonds is 4. The van der Waals surface area contributed by atoms with Crippen LogP contribution in [0.15, 0.2) is 18.2 Å². The molecule has 1 aliphatic heterocycles. The summed E-state index contributed by atoms with van der Waals surface area (Å²) in [6, 6.07) is 6.48. The van der Waals surface area contributed by atoms with Crippen LogP contribution in [0.2, 0.25) is 0 Å². The van der Waals surface area contributed by atoms with Crippen LogP contribution < -0.4 is 4.74 Å². The summed E-state index contributed by atoms with van der Waals surface area (Å²) in [5, 5.41) is 0. The van der Waals surface area contributed by atoms with E-state index in [9.17, 15) is 0 Å². The van der Waals surface area contributed by atoms with Crippen molar-refractivity contribution in [3.05, 3.63) is 29.3 Å². The van der Waals surface area contributed by atoms with Gasteiger partial charge in [-0.1, -0.05) is 26.0 Å². The molecule has 0 radical (unpaired) electrons. The summed E-state index contributed by atoms with van der Waals surface area (Å²) in [4.78, 5) is 0. The fourth-order valence-electron chi connectivity index (χ4n) is 2.09. The van der Waals surface area contributed by atoms with Gasteiger partial charge in [0.15, 0.2) is 0 Å². The maximum absolute atomic E-state index is 5.89. The van der Waals surface area contributed by atoms with E-state index in [0.29, 0.717) is 12.5 Å². The van der Waals surface area contributed by atoms with Gasteiger partial charge in [0.05, 0.1) is 6.10 Å². The predicted octanol–water partition coefficient (Wildman–Crippen LogP) is 3.68. The summed E-state index contributed by atoms with van der Waals surface area (Å²) in [5.41, 5.74) is 2.53. The second-order valence-corrected chi connectivity index (χ2v) is 5.13. The predicted molar refractivity (Wildman–Crippen MR) is 69.7 cm³/mol. The molecular formula is C15H22O2. The molecule has 1 heterocycles. The van der Waals surface area contributed by atoms with Crippen molar-refractivity contribution in [3.63, 3.8) is 0 Å². The topological polar surface area (TPSA) is 18.5 Å². The lowest BCUT2D eigenvalue weighted by Crippen LogP contribution is -2.16. The highest BCUT2D eigenvalue weighted by atomic mass is 16.5. The minimum atomic E-state index is 0.289. The molecule has 0 spiro atoms. The molecule has 1 aromatic carbocycles. The first-order valence-corrected chi connectivity index (χ1v) is 6.52. The van der Waals surface area contributed by atoms with Crippen molar-refractivity contribution in [2.45, 2.75) is 45.6 Å². The highest BCUT2D eigenvalue weighted by Gasteiger charge is 2.16. The van der Waals surface area contributed by atoms with Gasteiger partial charge in [0, 0.05) is 6.61 Å². The lowest BCUT2D eigenvalue weighted by atomic mass is 10.0. The smallest absolute Gasteiger partial charge is 0.122 e. The fourth-order valence-corrected chi connectivity index (χ4v) is 2.09. The molecule has 94 valence electrons. The maximum Gasteiger partial charge on any atom is 0.122 e. The van der Waals surface area contributed by atoms with Crippen LogP contribution in [0, 0.1) is 6.92 Å². The summed E-state index contributed by atoms with van der Waals surface area (Å²) < 4.78 is 11.5. The third kappa shape index (κ3) is 3.22. The quantitative estimate of drug-likeness (QED) is 0.791. The SMILES string of the molecule is Cc1ccc(C(C)C)cc1OCC1CCCO1. The highest BCUT2D eigenvalue weighted by molar-refractivity contribution is 5.37. The second kappa shape index (κ2) is 5.54. The van der Waals surface area contributed by atoms with Crippen molar-refractivity contribution < 1.29 is 9.47 Å². The molecule has 0 aromatic heterocycles. The molecule has 1 fully saturated rings. The minimum Gasteiger partial charge on any atom is -0.491 e. The zero-order chi connectivity index (χ0) is 12.3. The molecule has 2 rings (SSSR count). The number of aryl methyl sites for hydroxylation is 1. The van der Waals surface area contributed by atoms with Gasteiger partial charge >= 0.3 is 0 Å². The van der Waals surface area contributed by atoms with Crippen molar-refractivity contribution in [2.24, 2.45) is 0 Å². The van der Waals surface area contributed by atoms with E-state index in [4.69, 9.17) is 9.47 Å². The van der Waals surface area contributed by atoms with E-state index >= 15 is 0 Å². The minimum absolute atomic E-state index is 0.289. The number of hydrogen-bond acceptors (Lipinski definition) is 2. The largest absolute Gasteiger partial charge is 0.491 e. The molecule has 17 heavy (non-hydrogen) atoms. The van der Waals surface area contributed by atoms with Gasteiger partial charge in [-0.05, 0) is 42.9 Å². The van der Waals surface area contributed by atoms with E-state index in [1.165, 1.54) is 17.5 Å². The first-order valence-electron chi connectivity index (χ1n) is 6.52. The first kappa shape index (κ1) is 12.4. The molecule has 0 N–H and O–H groups in total. The molecule has 2 heteroatoms. The fraction of sp³-hybridized carbons (Fsp3) is 0.600. The van der Waals surface area contributed by atoms with Crippen molar-refractivity contribution in [3.8, 4) is 5.75 Å². The van der Waals surface area contributed by atoms with E-state index in [1.807, 2.05) is 0 Å². The third-order valence-electron chi connectivity index (χ3n) is 3.33. The normalized spacial score (nSPS) is 19.9. The third-order valence-corrected chi connectivity index (χ3v) is 3.33. The molecule has 0 saturated carbocycles. The lowest BCUT2D eigenvalue weighted by molar-refractivity contribution is 0.0677. The Bertz CT molecular complexity index is 365. The Labute approximate surface area is 104 Å². The Morgan fingerprint density at radius 1 is 1.41 bits per heavy atom. The average molecular weight is 234 g/mol. The molecule has 0 amide bonds. The van der Waals surface area contributed by atoms with Crippen LogP contribution in [0.3, 0.4) is 0 Å². The number of hydrogen-bond donors (Lipinski definition) is 0. The summed E-state index contributed by atoms with van der Waals surface area (Å²) in [6.07, 6.45) is 2.58. The Morgan fingerprint density at radius 2 is 2.24 bits per heavy atom. The zero-order valence-corrected chi connectivity index (χ0v) is 11.0. The van der Waals surface area contributed by atoms with Crippen LogP contribution in [0.4, 0.5) is 0 Å². The number of ether oxygens (including phenoxy) is 2. The van der Waals surface area contributed by atoms with Gasteiger partial charge in [-0.15, -0.1) is 0 Å². The van der Waals surface area contributed by atoms with E-state index in [1.54, 1.807) is 0 Å². The molecule has 1 atom stereocenters. The van der Waals surface area contributed by atoms with Crippen LogP contribution >= 0.6 is 0 Å². The molecule has 0 aliphatic carbocycles. The summed E-state index contributed by atoms with van der Waals surface area (Å²) in [5.74, 6) is 1.55. The standard InChI is InChI=1S/C15H22O2/c1-11(2)13-7-6-12(3)15(9-13)17-10-14-5-4-8-16-14/h6-7,9,11,14H,4-5,8,10H2,1-3H3. The van der Waals surface area contributed by atoms with Crippen molar-refractivity contribution in [1.29, 1.82) is 0 Å².